The molecule has 0 radical (unpaired) electrons. The number of carbonyl (C=O) groups is 1. The molecular weight excluding hydrogens is 452 g/mol. The topological polar surface area (TPSA) is 96.6 Å². The Balaban J connectivity index is 1.28. The fourth-order valence-electron chi connectivity index (χ4n) is 3.81. The van der Waals surface area contributed by atoms with Gasteiger partial charge in [-0.15, -0.1) is 11.3 Å². The van der Waals surface area contributed by atoms with E-state index in [0.717, 1.165) is 10.4 Å². The number of thiophene rings is 1. The number of nitrogens with zero attached hydrogens (tertiary/aromatic N) is 2. The van der Waals surface area contributed by atoms with E-state index >= 15 is 0 Å². The lowest BCUT2D eigenvalue weighted by Gasteiger charge is -2.21. The Morgan fingerprint density at radius 3 is 2.71 bits per heavy atom. The van der Waals surface area contributed by atoms with E-state index < -0.39 is 0 Å². The average Bonchev–Trinajstić information content (AvgIpc) is 3.29. The van der Waals surface area contributed by atoms with Crippen LogP contribution in [0.1, 0.15) is 12.7 Å². The van der Waals surface area contributed by atoms with Crippen molar-refractivity contribution >= 4 is 33.1 Å². The molecular formula is C25H24N4O4S. The molecule has 0 bridgehead atoms. The molecule has 0 atom stereocenters. The third-order valence-corrected chi connectivity index (χ3v) is 6.60. The molecule has 2 aromatic heterocycles. The molecule has 2 N–H and O–H groups in total. The molecule has 0 spiro atoms. The van der Waals surface area contributed by atoms with Crippen LogP contribution >= 0.6 is 11.3 Å². The second-order valence-electron chi connectivity index (χ2n) is 7.92. The van der Waals surface area contributed by atoms with Crippen molar-refractivity contribution in [3.8, 4) is 21.9 Å². The van der Waals surface area contributed by atoms with Crippen LogP contribution in [0.5, 0.6) is 11.5 Å². The van der Waals surface area contributed by atoms with Crippen molar-refractivity contribution in [2.75, 3.05) is 31.6 Å². The zero-order valence-corrected chi connectivity index (χ0v) is 19.5. The zero-order valence-electron chi connectivity index (χ0n) is 18.7. The summed E-state index contributed by atoms with van der Waals surface area (Å²) in [5, 5.41) is 3.47. The monoisotopic (exact) mass is 476 g/mol. The summed E-state index contributed by atoms with van der Waals surface area (Å²) in [5.41, 5.74) is 1.53. The van der Waals surface area contributed by atoms with Gasteiger partial charge in [0.05, 0.1) is 18.5 Å². The van der Waals surface area contributed by atoms with Crippen LogP contribution < -0.4 is 20.3 Å². The van der Waals surface area contributed by atoms with E-state index in [1.807, 2.05) is 48.2 Å². The van der Waals surface area contributed by atoms with E-state index in [1.165, 1.54) is 11.3 Å². The largest absolute Gasteiger partial charge is 0.486 e. The Hall–Kier alpha value is -3.69. The Labute approximate surface area is 200 Å². The number of carbonyl (C=O) groups excluding carboxylic acids is 1. The molecule has 0 saturated heterocycles. The number of ether oxygens (including phenoxy) is 2. The van der Waals surface area contributed by atoms with Gasteiger partial charge in [0.1, 0.15) is 23.9 Å². The number of benzene rings is 2. The number of rotatable bonds is 7. The average molecular weight is 477 g/mol. The summed E-state index contributed by atoms with van der Waals surface area (Å²) in [5.74, 6) is 1.67. The van der Waals surface area contributed by atoms with Gasteiger partial charge >= 0.3 is 0 Å². The molecule has 174 valence electrons. The minimum Gasteiger partial charge on any atom is -0.486 e. The summed E-state index contributed by atoms with van der Waals surface area (Å²) in [4.78, 5) is 36.5. The second-order valence-corrected chi connectivity index (χ2v) is 8.95. The molecule has 1 amide bonds. The molecule has 1 aliphatic heterocycles. The molecule has 34 heavy (non-hydrogen) atoms. The van der Waals surface area contributed by atoms with Crippen LogP contribution in [0.15, 0.2) is 59.4 Å². The number of fused-ring (bicyclic) bond motifs is 2. The van der Waals surface area contributed by atoms with Crippen LogP contribution in [0.3, 0.4) is 0 Å². The molecule has 0 aliphatic carbocycles. The lowest BCUT2D eigenvalue weighted by Crippen LogP contribution is -2.33. The third-order valence-electron chi connectivity index (χ3n) is 5.52. The van der Waals surface area contributed by atoms with Gasteiger partial charge in [-0.3, -0.25) is 14.5 Å². The summed E-state index contributed by atoms with van der Waals surface area (Å²) in [6, 6.07) is 17.1. The van der Waals surface area contributed by atoms with Crippen molar-refractivity contribution in [3.05, 3.63) is 70.8 Å². The number of anilines is 1. The first-order valence-corrected chi connectivity index (χ1v) is 11.9. The summed E-state index contributed by atoms with van der Waals surface area (Å²) in [6.07, 6.45) is 0. The highest BCUT2D eigenvalue weighted by Gasteiger charge is 2.16. The van der Waals surface area contributed by atoms with Crippen LogP contribution in [-0.2, 0) is 11.3 Å². The number of likely N-dealkylation sites (N-methyl/N-ethyl adjacent to an activating group) is 1. The predicted molar refractivity (Wildman–Crippen MR) is 133 cm³/mol. The minimum absolute atomic E-state index is 0.159. The minimum atomic E-state index is -0.171. The van der Waals surface area contributed by atoms with Crippen molar-refractivity contribution in [1.82, 2.24) is 14.9 Å². The summed E-state index contributed by atoms with van der Waals surface area (Å²) in [6.45, 7) is 4.11. The van der Waals surface area contributed by atoms with E-state index in [9.17, 15) is 9.59 Å². The van der Waals surface area contributed by atoms with Gasteiger partial charge in [0, 0.05) is 16.6 Å². The highest BCUT2D eigenvalue weighted by molar-refractivity contribution is 7.21. The first kappa shape index (κ1) is 22.1. The lowest BCUT2D eigenvalue weighted by atomic mass is 10.2. The summed E-state index contributed by atoms with van der Waals surface area (Å²) >= 11 is 1.49. The van der Waals surface area contributed by atoms with E-state index in [4.69, 9.17) is 9.47 Å². The number of hydrogen-bond donors (Lipinski definition) is 2. The predicted octanol–water partition coefficient (Wildman–Crippen LogP) is 3.88. The van der Waals surface area contributed by atoms with E-state index in [0.29, 0.717) is 59.5 Å². The van der Waals surface area contributed by atoms with Gasteiger partial charge in [0.15, 0.2) is 11.5 Å². The maximum atomic E-state index is 12.7. The van der Waals surface area contributed by atoms with Crippen molar-refractivity contribution in [1.29, 1.82) is 0 Å². The number of hydrogen-bond acceptors (Lipinski definition) is 7. The van der Waals surface area contributed by atoms with Crippen molar-refractivity contribution in [2.24, 2.45) is 0 Å². The highest BCUT2D eigenvalue weighted by Crippen LogP contribution is 2.33. The molecule has 1 aliphatic rings. The highest BCUT2D eigenvalue weighted by atomic mass is 32.1. The molecule has 8 nitrogen and oxygen atoms in total. The smallest absolute Gasteiger partial charge is 0.259 e. The van der Waals surface area contributed by atoms with Gasteiger partial charge in [-0.2, -0.15) is 0 Å². The third kappa shape index (κ3) is 4.80. The quantitative estimate of drug-likeness (QED) is 0.420. The van der Waals surface area contributed by atoms with E-state index in [2.05, 4.69) is 15.3 Å². The Bertz CT molecular complexity index is 1380. The SMILES string of the molecule is CCN(CC(=O)Nc1ccc2c(c1)OCCO2)Cc1nc2sc(-c3ccccc3)cc2c(=O)[nH]1. The van der Waals surface area contributed by atoms with Gasteiger partial charge in [0.2, 0.25) is 5.91 Å². The lowest BCUT2D eigenvalue weighted by molar-refractivity contribution is -0.117. The summed E-state index contributed by atoms with van der Waals surface area (Å²) in [7, 11) is 0. The van der Waals surface area contributed by atoms with Gasteiger partial charge in [-0.05, 0) is 30.3 Å². The van der Waals surface area contributed by atoms with Crippen LogP contribution in [0.25, 0.3) is 20.7 Å². The first-order chi connectivity index (χ1) is 16.6. The van der Waals surface area contributed by atoms with E-state index in [-0.39, 0.29) is 18.0 Å². The van der Waals surface area contributed by atoms with Gasteiger partial charge < -0.3 is 19.8 Å². The summed E-state index contributed by atoms with van der Waals surface area (Å²) < 4.78 is 11.1. The Morgan fingerprint density at radius 1 is 1.12 bits per heavy atom. The molecule has 2 aromatic carbocycles. The van der Waals surface area contributed by atoms with Gasteiger partial charge in [0.25, 0.3) is 5.56 Å². The van der Waals surface area contributed by atoms with Crippen molar-refractivity contribution in [3.63, 3.8) is 0 Å². The number of aromatic amines is 1. The molecule has 5 rings (SSSR count). The van der Waals surface area contributed by atoms with E-state index in [1.54, 1.807) is 18.2 Å². The number of aromatic nitrogens is 2. The van der Waals surface area contributed by atoms with Crippen LogP contribution in [0.4, 0.5) is 5.69 Å². The fourth-order valence-corrected chi connectivity index (χ4v) is 4.87. The number of H-pyrrole nitrogens is 1. The first-order valence-electron chi connectivity index (χ1n) is 11.1. The molecule has 0 fully saturated rings. The normalized spacial score (nSPS) is 12.8. The fraction of sp³-hybridized carbons (Fsp3) is 0.240. The van der Waals surface area contributed by atoms with Crippen molar-refractivity contribution in [2.45, 2.75) is 13.5 Å². The maximum absolute atomic E-state index is 12.7. The van der Waals surface area contributed by atoms with Gasteiger partial charge in [-0.1, -0.05) is 37.3 Å². The molecule has 9 heteroatoms. The zero-order chi connectivity index (χ0) is 23.5. The van der Waals surface area contributed by atoms with Gasteiger partial charge in [-0.25, -0.2) is 4.98 Å². The van der Waals surface area contributed by atoms with Crippen LogP contribution in [0, 0.1) is 0 Å². The standard InChI is InChI=1S/C25H24N4O4S/c1-2-29(15-23(30)26-17-8-9-19-20(12-17)33-11-10-32-19)14-22-27-24(31)18-13-21(34-25(18)28-22)16-6-4-3-5-7-16/h3-9,12-13H,2,10-11,14-15H2,1H3,(H,26,30)(H,27,28,31). The Morgan fingerprint density at radius 2 is 1.91 bits per heavy atom. The number of amides is 1. The second kappa shape index (κ2) is 9.66. The van der Waals surface area contributed by atoms with Crippen LogP contribution in [-0.4, -0.2) is 47.1 Å². The Kier molecular flexibility index (Phi) is 6.29. The molecule has 3 heterocycles. The molecule has 4 aromatic rings. The van der Waals surface area contributed by atoms with Crippen molar-refractivity contribution < 1.29 is 14.3 Å². The molecule has 0 saturated carbocycles. The molecule has 0 unspecified atom stereocenters. The number of nitrogens with one attached hydrogen (secondary N) is 2. The van der Waals surface area contributed by atoms with Crippen LogP contribution in [0.2, 0.25) is 0 Å². The maximum Gasteiger partial charge on any atom is 0.259 e.